The molecule has 4 heterocycles. The van der Waals surface area contributed by atoms with Crippen molar-refractivity contribution in [1.82, 2.24) is 25.1 Å². The molecule has 0 aliphatic carbocycles. The maximum absolute atomic E-state index is 12.3. The number of hydrogen-bond donors (Lipinski definition) is 2. The zero-order valence-electron chi connectivity index (χ0n) is 14.0. The Labute approximate surface area is 146 Å². The van der Waals surface area contributed by atoms with Crippen LogP contribution >= 0.6 is 0 Å². The molecular weight excluding hydrogens is 320 g/mol. The highest BCUT2D eigenvalue weighted by molar-refractivity contribution is 5.89. The molecule has 0 unspecified atom stereocenters. The third-order valence-electron chi connectivity index (χ3n) is 5.08. The molecule has 25 heavy (non-hydrogen) atoms. The monoisotopic (exact) mass is 342 g/mol. The number of ether oxygens (including phenoxy) is 1. The predicted molar refractivity (Wildman–Crippen MR) is 90.4 cm³/mol. The summed E-state index contributed by atoms with van der Waals surface area (Å²) in [6.07, 6.45) is 8.97. The van der Waals surface area contributed by atoms with Crippen molar-refractivity contribution >= 4 is 11.7 Å². The molecule has 0 saturated carbocycles. The SMILES string of the molecule is O=C(C[C@@H]1COC[C@H]2CN(Cc3cn[nH]c3)C[C@@H]12)Nc1cnccn1. The zero-order chi connectivity index (χ0) is 17.1. The first-order chi connectivity index (χ1) is 12.3. The number of amides is 1. The van der Waals surface area contributed by atoms with Gasteiger partial charge in [0.25, 0.3) is 0 Å². The number of nitrogens with zero attached hydrogens (tertiary/aromatic N) is 4. The fourth-order valence-corrected chi connectivity index (χ4v) is 3.95. The number of anilines is 1. The normalized spacial score (nSPS) is 26.3. The number of carbonyl (C=O) groups excluding carboxylic acids is 1. The highest BCUT2D eigenvalue weighted by Gasteiger charge is 2.41. The number of carbonyl (C=O) groups is 1. The van der Waals surface area contributed by atoms with Gasteiger partial charge in [0.15, 0.2) is 5.82 Å². The van der Waals surface area contributed by atoms with E-state index in [4.69, 9.17) is 4.74 Å². The van der Waals surface area contributed by atoms with Gasteiger partial charge >= 0.3 is 0 Å². The minimum Gasteiger partial charge on any atom is -0.381 e. The predicted octanol–water partition coefficient (Wildman–Crippen LogP) is 0.923. The molecule has 2 N–H and O–H groups in total. The van der Waals surface area contributed by atoms with E-state index in [-0.39, 0.29) is 11.8 Å². The highest BCUT2D eigenvalue weighted by atomic mass is 16.5. The Kier molecular flexibility index (Phi) is 4.71. The van der Waals surface area contributed by atoms with Crippen LogP contribution < -0.4 is 5.32 Å². The molecule has 2 aromatic heterocycles. The van der Waals surface area contributed by atoms with Crippen LogP contribution in [0, 0.1) is 17.8 Å². The highest BCUT2D eigenvalue weighted by Crippen LogP contribution is 2.36. The van der Waals surface area contributed by atoms with Gasteiger partial charge in [0.05, 0.1) is 25.6 Å². The number of nitrogens with one attached hydrogen (secondary N) is 2. The van der Waals surface area contributed by atoms with Gasteiger partial charge in [-0.2, -0.15) is 5.10 Å². The van der Waals surface area contributed by atoms with Gasteiger partial charge in [0.2, 0.25) is 5.91 Å². The largest absolute Gasteiger partial charge is 0.381 e. The van der Waals surface area contributed by atoms with E-state index in [0.717, 1.165) is 26.2 Å². The Morgan fingerprint density at radius 2 is 2.28 bits per heavy atom. The summed E-state index contributed by atoms with van der Waals surface area (Å²) in [6, 6.07) is 0. The van der Waals surface area contributed by atoms with Gasteiger partial charge in [-0.05, 0) is 17.8 Å². The van der Waals surface area contributed by atoms with Crippen LogP contribution in [0.3, 0.4) is 0 Å². The van der Waals surface area contributed by atoms with Crippen molar-refractivity contribution < 1.29 is 9.53 Å². The summed E-state index contributed by atoms with van der Waals surface area (Å²) in [5.41, 5.74) is 1.19. The lowest BCUT2D eigenvalue weighted by Crippen LogP contribution is -2.37. The minimum absolute atomic E-state index is 0.0250. The summed E-state index contributed by atoms with van der Waals surface area (Å²) < 4.78 is 5.78. The second-order valence-corrected chi connectivity index (χ2v) is 6.87. The van der Waals surface area contributed by atoms with Gasteiger partial charge in [-0.15, -0.1) is 0 Å². The Bertz CT molecular complexity index is 692. The second-order valence-electron chi connectivity index (χ2n) is 6.87. The molecule has 2 saturated heterocycles. The fraction of sp³-hybridized carbons (Fsp3) is 0.529. The van der Waals surface area contributed by atoms with Crippen LogP contribution in [0.15, 0.2) is 31.0 Å². The Balaban J connectivity index is 1.35. The van der Waals surface area contributed by atoms with Crippen molar-refractivity contribution in [3.63, 3.8) is 0 Å². The average Bonchev–Trinajstić information content (AvgIpc) is 3.26. The van der Waals surface area contributed by atoms with Crippen LogP contribution in [0.25, 0.3) is 0 Å². The van der Waals surface area contributed by atoms with Crippen LogP contribution in [0.5, 0.6) is 0 Å². The van der Waals surface area contributed by atoms with Crippen molar-refractivity contribution in [3.05, 3.63) is 36.5 Å². The van der Waals surface area contributed by atoms with Gasteiger partial charge in [-0.25, -0.2) is 4.98 Å². The first-order valence-electron chi connectivity index (χ1n) is 8.61. The second kappa shape index (κ2) is 7.28. The molecule has 3 atom stereocenters. The van der Waals surface area contributed by atoms with Crippen molar-refractivity contribution in [2.24, 2.45) is 17.8 Å². The molecule has 2 aliphatic heterocycles. The van der Waals surface area contributed by atoms with Gasteiger partial charge < -0.3 is 10.1 Å². The Morgan fingerprint density at radius 3 is 3.08 bits per heavy atom. The van der Waals surface area contributed by atoms with Crippen LogP contribution in [0.1, 0.15) is 12.0 Å². The number of likely N-dealkylation sites (tertiary alicyclic amines) is 1. The molecule has 132 valence electrons. The minimum atomic E-state index is -0.0250. The number of rotatable bonds is 5. The molecular formula is C17H22N6O2. The van der Waals surface area contributed by atoms with Crippen molar-refractivity contribution in [2.45, 2.75) is 13.0 Å². The average molecular weight is 342 g/mol. The van der Waals surface area contributed by atoms with E-state index in [9.17, 15) is 4.79 Å². The Morgan fingerprint density at radius 1 is 1.32 bits per heavy atom. The standard InChI is InChI=1S/C17H22N6O2/c24-17(22-16-6-18-1-2-19-16)3-13-10-25-11-14-8-23(9-15(13)14)7-12-4-20-21-5-12/h1-2,4-6,13-15H,3,7-11H2,(H,20,21)(H,19,22,24)/t13-,14-,15+/m1/s1. The van der Waals surface area contributed by atoms with Crippen molar-refractivity contribution in [1.29, 1.82) is 0 Å². The van der Waals surface area contributed by atoms with Gasteiger partial charge in [0.1, 0.15) is 0 Å². The zero-order valence-corrected chi connectivity index (χ0v) is 14.0. The van der Waals surface area contributed by atoms with E-state index >= 15 is 0 Å². The lowest BCUT2D eigenvalue weighted by Gasteiger charge is -2.32. The topological polar surface area (TPSA) is 96.0 Å². The number of fused-ring (bicyclic) bond motifs is 1. The van der Waals surface area contributed by atoms with Gasteiger partial charge in [-0.3, -0.25) is 19.8 Å². The summed E-state index contributed by atoms with van der Waals surface area (Å²) >= 11 is 0. The number of H-pyrrole nitrogens is 1. The van der Waals surface area contributed by atoms with Crippen molar-refractivity contribution in [2.75, 3.05) is 31.6 Å². The summed E-state index contributed by atoms with van der Waals surface area (Å²) in [4.78, 5) is 22.8. The van der Waals surface area contributed by atoms with Crippen LogP contribution in [-0.2, 0) is 16.1 Å². The molecule has 1 amide bonds. The summed E-state index contributed by atoms with van der Waals surface area (Å²) in [5, 5.41) is 9.69. The first kappa shape index (κ1) is 16.2. The van der Waals surface area contributed by atoms with Gasteiger partial charge in [0, 0.05) is 50.2 Å². The van der Waals surface area contributed by atoms with Crippen LogP contribution in [0.2, 0.25) is 0 Å². The van der Waals surface area contributed by atoms with E-state index in [1.54, 1.807) is 18.6 Å². The first-order valence-corrected chi connectivity index (χ1v) is 8.61. The molecule has 4 rings (SSSR count). The fourth-order valence-electron chi connectivity index (χ4n) is 3.95. The lowest BCUT2D eigenvalue weighted by atomic mass is 9.81. The van der Waals surface area contributed by atoms with E-state index in [0.29, 0.717) is 30.7 Å². The third kappa shape index (κ3) is 3.85. The molecule has 2 aromatic rings. The van der Waals surface area contributed by atoms with E-state index in [1.807, 2.05) is 12.4 Å². The molecule has 8 heteroatoms. The van der Waals surface area contributed by atoms with E-state index < -0.39 is 0 Å². The van der Waals surface area contributed by atoms with E-state index in [1.165, 1.54) is 5.56 Å². The summed E-state index contributed by atoms with van der Waals surface area (Å²) in [6.45, 7) is 4.34. The molecule has 8 nitrogen and oxygen atoms in total. The summed E-state index contributed by atoms with van der Waals surface area (Å²) in [5.74, 6) is 1.70. The van der Waals surface area contributed by atoms with Crippen LogP contribution in [0.4, 0.5) is 5.82 Å². The molecule has 0 aromatic carbocycles. The smallest absolute Gasteiger partial charge is 0.225 e. The van der Waals surface area contributed by atoms with Crippen LogP contribution in [-0.4, -0.2) is 57.3 Å². The molecule has 0 radical (unpaired) electrons. The van der Waals surface area contributed by atoms with Gasteiger partial charge in [-0.1, -0.05) is 0 Å². The number of aromatic nitrogens is 4. The summed E-state index contributed by atoms with van der Waals surface area (Å²) in [7, 11) is 0. The lowest BCUT2D eigenvalue weighted by molar-refractivity contribution is -0.119. The number of aromatic amines is 1. The molecule has 2 fully saturated rings. The maximum Gasteiger partial charge on any atom is 0.225 e. The number of hydrogen-bond acceptors (Lipinski definition) is 6. The molecule has 0 spiro atoms. The molecule has 0 bridgehead atoms. The Hall–Kier alpha value is -2.32. The van der Waals surface area contributed by atoms with Crippen molar-refractivity contribution in [3.8, 4) is 0 Å². The molecule has 2 aliphatic rings. The quantitative estimate of drug-likeness (QED) is 0.839. The van der Waals surface area contributed by atoms with E-state index in [2.05, 4.69) is 30.4 Å². The maximum atomic E-state index is 12.3. The third-order valence-corrected chi connectivity index (χ3v) is 5.08.